The number of ether oxygens (including phenoxy) is 1. The normalized spacial score (nSPS) is 13.3. The zero-order chi connectivity index (χ0) is 12.6. The van der Waals surface area contributed by atoms with Crippen LogP contribution in [-0.2, 0) is 4.74 Å². The van der Waals surface area contributed by atoms with Gasteiger partial charge in [-0.1, -0.05) is 6.92 Å². The molecule has 0 bridgehead atoms. The van der Waals surface area contributed by atoms with Gasteiger partial charge < -0.3 is 20.5 Å². The molecule has 16 heavy (non-hydrogen) atoms. The molecule has 0 aromatic carbocycles. The van der Waals surface area contributed by atoms with Crippen LogP contribution in [0.2, 0.25) is 0 Å². The second kappa shape index (κ2) is 7.46. The van der Waals surface area contributed by atoms with Crippen LogP contribution < -0.4 is 10.6 Å². The van der Waals surface area contributed by atoms with Crippen molar-refractivity contribution in [3.8, 4) is 0 Å². The van der Waals surface area contributed by atoms with E-state index in [1.807, 2.05) is 20.8 Å². The van der Waals surface area contributed by atoms with Crippen LogP contribution in [0.4, 0.5) is 4.79 Å². The topological polar surface area (TPSA) is 70.6 Å². The van der Waals surface area contributed by atoms with Crippen molar-refractivity contribution in [1.29, 1.82) is 0 Å². The summed E-state index contributed by atoms with van der Waals surface area (Å²) in [6.45, 7) is 6.98. The second-order valence-electron chi connectivity index (χ2n) is 4.64. The maximum Gasteiger partial charge on any atom is 0.314 e. The number of nitrogens with one attached hydrogen (secondary N) is 2. The van der Waals surface area contributed by atoms with Crippen molar-refractivity contribution in [3.63, 3.8) is 0 Å². The third-order valence-electron chi connectivity index (χ3n) is 2.46. The van der Waals surface area contributed by atoms with E-state index in [2.05, 4.69) is 10.6 Å². The van der Waals surface area contributed by atoms with Gasteiger partial charge in [0.1, 0.15) is 0 Å². The Morgan fingerprint density at radius 1 is 1.44 bits per heavy atom. The average Bonchev–Trinajstić information content (AvgIpc) is 2.24. The van der Waals surface area contributed by atoms with Crippen molar-refractivity contribution in [2.75, 3.05) is 26.8 Å². The van der Waals surface area contributed by atoms with Crippen LogP contribution in [0, 0.1) is 5.92 Å². The van der Waals surface area contributed by atoms with Gasteiger partial charge in [-0.3, -0.25) is 0 Å². The Balaban J connectivity index is 3.67. The van der Waals surface area contributed by atoms with E-state index in [0.29, 0.717) is 19.5 Å². The van der Waals surface area contributed by atoms with Gasteiger partial charge in [-0.05, 0) is 26.2 Å². The highest BCUT2D eigenvalue weighted by molar-refractivity contribution is 5.73. The summed E-state index contributed by atoms with van der Waals surface area (Å²) in [5.41, 5.74) is -0.353. The fourth-order valence-electron chi connectivity index (χ4n) is 1.02. The minimum Gasteiger partial charge on any atom is -0.396 e. The number of urea groups is 1. The first-order valence-electron chi connectivity index (χ1n) is 5.59. The summed E-state index contributed by atoms with van der Waals surface area (Å²) in [6.07, 6.45) is 0.698. The minimum atomic E-state index is -0.353. The standard InChI is InChI=1S/C11H24N2O3/c1-9(5-6-14)7-12-10(15)13-8-11(2,3)16-4/h9,14H,5-8H2,1-4H3,(H2,12,13,15). The Labute approximate surface area is 97.6 Å². The Bertz CT molecular complexity index is 207. The summed E-state index contributed by atoms with van der Waals surface area (Å²) in [7, 11) is 1.61. The van der Waals surface area contributed by atoms with Crippen LogP contribution in [0.15, 0.2) is 0 Å². The van der Waals surface area contributed by atoms with Crippen molar-refractivity contribution in [2.45, 2.75) is 32.8 Å². The van der Waals surface area contributed by atoms with Crippen LogP contribution in [0.3, 0.4) is 0 Å². The zero-order valence-electron chi connectivity index (χ0n) is 10.7. The summed E-state index contributed by atoms with van der Waals surface area (Å²) >= 11 is 0. The highest BCUT2D eigenvalue weighted by Crippen LogP contribution is 2.04. The molecule has 0 heterocycles. The fraction of sp³-hybridized carbons (Fsp3) is 0.909. The molecule has 5 nitrogen and oxygen atoms in total. The Hall–Kier alpha value is -0.810. The molecule has 0 saturated heterocycles. The van der Waals surface area contributed by atoms with E-state index in [1.165, 1.54) is 0 Å². The molecule has 3 N–H and O–H groups in total. The number of carbonyl (C=O) groups is 1. The number of aliphatic hydroxyl groups is 1. The van der Waals surface area contributed by atoms with Gasteiger partial charge in [-0.2, -0.15) is 0 Å². The Morgan fingerprint density at radius 3 is 2.56 bits per heavy atom. The predicted molar refractivity (Wildman–Crippen MR) is 63.4 cm³/mol. The number of amides is 2. The molecular weight excluding hydrogens is 208 g/mol. The van der Waals surface area contributed by atoms with Gasteiger partial charge in [0, 0.05) is 26.8 Å². The van der Waals surface area contributed by atoms with E-state index < -0.39 is 0 Å². The second-order valence-corrected chi connectivity index (χ2v) is 4.64. The Morgan fingerprint density at radius 2 is 2.06 bits per heavy atom. The number of hydrogen-bond acceptors (Lipinski definition) is 3. The summed E-state index contributed by atoms with van der Waals surface area (Å²) in [6, 6.07) is -0.199. The van der Waals surface area contributed by atoms with E-state index in [9.17, 15) is 4.79 Å². The van der Waals surface area contributed by atoms with Crippen LogP contribution in [0.1, 0.15) is 27.2 Å². The highest BCUT2D eigenvalue weighted by Gasteiger charge is 2.17. The van der Waals surface area contributed by atoms with Gasteiger partial charge in [0.25, 0.3) is 0 Å². The average molecular weight is 232 g/mol. The van der Waals surface area contributed by atoms with E-state index >= 15 is 0 Å². The molecule has 0 aromatic rings. The summed E-state index contributed by atoms with van der Waals surface area (Å²) < 4.78 is 5.18. The van der Waals surface area contributed by atoms with Crippen molar-refractivity contribution < 1.29 is 14.6 Å². The van der Waals surface area contributed by atoms with Crippen LogP contribution in [0.5, 0.6) is 0 Å². The lowest BCUT2D eigenvalue weighted by Crippen LogP contribution is -2.45. The van der Waals surface area contributed by atoms with Gasteiger partial charge >= 0.3 is 6.03 Å². The largest absolute Gasteiger partial charge is 0.396 e. The molecule has 0 spiro atoms. The molecule has 1 atom stereocenters. The minimum absolute atomic E-state index is 0.154. The molecule has 2 amide bonds. The number of methoxy groups -OCH3 is 1. The van der Waals surface area contributed by atoms with Gasteiger partial charge in [-0.15, -0.1) is 0 Å². The number of hydrogen-bond donors (Lipinski definition) is 3. The molecule has 0 fully saturated rings. The van der Waals surface area contributed by atoms with Crippen molar-refractivity contribution >= 4 is 6.03 Å². The van der Waals surface area contributed by atoms with Gasteiger partial charge in [-0.25, -0.2) is 4.79 Å². The van der Waals surface area contributed by atoms with E-state index in [1.54, 1.807) is 7.11 Å². The maximum absolute atomic E-state index is 11.4. The number of aliphatic hydroxyl groups excluding tert-OH is 1. The molecule has 5 heteroatoms. The van der Waals surface area contributed by atoms with Gasteiger partial charge in [0.15, 0.2) is 0 Å². The lowest BCUT2D eigenvalue weighted by molar-refractivity contribution is 0.0253. The monoisotopic (exact) mass is 232 g/mol. The SMILES string of the molecule is COC(C)(C)CNC(=O)NCC(C)CCO. The number of carbonyl (C=O) groups excluding carboxylic acids is 1. The molecule has 1 unspecified atom stereocenters. The van der Waals surface area contributed by atoms with E-state index in [4.69, 9.17) is 9.84 Å². The first-order valence-corrected chi connectivity index (χ1v) is 5.59. The first-order chi connectivity index (χ1) is 7.41. The van der Waals surface area contributed by atoms with E-state index in [0.717, 1.165) is 0 Å². The molecule has 0 aliphatic carbocycles. The van der Waals surface area contributed by atoms with Crippen molar-refractivity contribution in [2.24, 2.45) is 5.92 Å². The molecular formula is C11H24N2O3. The lowest BCUT2D eigenvalue weighted by atomic mass is 10.1. The highest BCUT2D eigenvalue weighted by atomic mass is 16.5. The fourth-order valence-corrected chi connectivity index (χ4v) is 1.02. The molecule has 0 aliphatic rings. The lowest BCUT2D eigenvalue weighted by Gasteiger charge is -2.23. The van der Waals surface area contributed by atoms with Crippen LogP contribution in [-0.4, -0.2) is 43.5 Å². The molecule has 0 saturated carbocycles. The molecule has 0 radical (unpaired) electrons. The smallest absolute Gasteiger partial charge is 0.314 e. The maximum atomic E-state index is 11.4. The van der Waals surface area contributed by atoms with Gasteiger partial charge in [0.2, 0.25) is 0 Å². The molecule has 0 aliphatic heterocycles. The van der Waals surface area contributed by atoms with Crippen molar-refractivity contribution in [1.82, 2.24) is 10.6 Å². The zero-order valence-corrected chi connectivity index (χ0v) is 10.7. The summed E-state index contributed by atoms with van der Waals surface area (Å²) in [4.78, 5) is 11.4. The van der Waals surface area contributed by atoms with Crippen molar-refractivity contribution in [3.05, 3.63) is 0 Å². The quantitative estimate of drug-likeness (QED) is 0.606. The third kappa shape index (κ3) is 7.48. The molecule has 0 aromatic heterocycles. The van der Waals surface area contributed by atoms with Crippen LogP contribution in [0.25, 0.3) is 0 Å². The molecule has 96 valence electrons. The van der Waals surface area contributed by atoms with Crippen LogP contribution >= 0.6 is 0 Å². The van der Waals surface area contributed by atoms with Gasteiger partial charge in [0.05, 0.1) is 5.60 Å². The predicted octanol–water partition coefficient (Wildman–Crippen LogP) is 0.729. The summed E-state index contributed by atoms with van der Waals surface area (Å²) in [5, 5.41) is 14.2. The first kappa shape index (κ1) is 15.2. The Kier molecular flexibility index (Phi) is 7.08. The van der Waals surface area contributed by atoms with E-state index in [-0.39, 0.29) is 24.2 Å². The molecule has 0 rings (SSSR count). The summed E-state index contributed by atoms with van der Waals surface area (Å²) in [5.74, 6) is 0.284. The third-order valence-corrected chi connectivity index (χ3v) is 2.46. The number of rotatable bonds is 7.